The number of hydrogen-bond donors (Lipinski definition) is 1. The van der Waals surface area contributed by atoms with E-state index < -0.39 is 0 Å². The van der Waals surface area contributed by atoms with Crippen LogP contribution in [0.25, 0.3) is 10.8 Å². The van der Waals surface area contributed by atoms with Crippen molar-refractivity contribution in [1.29, 1.82) is 0 Å². The van der Waals surface area contributed by atoms with Gasteiger partial charge in [0.25, 0.3) is 0 Å². The highest BCUT2D eigenvalue weighted by molar-refractivity contribution is 5.87. The van der Waals surface area contributed by atoms with E-state index in [0.29, 0.717) is 6.04 Å². The third-order valence-corrected chi connectivity index (χ3v) is 4.38. The molecule has 0 spiro atoms. The second-order valence-electron chi connectivity index (χ2n) is 6.41. The minimum atomic E-state index is 0.475. The lowest BCUT2D eigenvalue weighted by atomic mass is 9.86. The molecule has 21 heavy (non-hydrogen) atoms. The second kappa shape index (κ2) is 6.48. The Morgan fingerprint density at radius 2 is 1.95 bits per heavy atom. The maximum absolute atomic E-state index is 6.14. The van der Waals surface area contributed by atoms with Gasteiger partial charge in [0, 0.05) is 18.2 Å². The molecular weight excluding hydrogens is 258 g/mol. The summed E-state index contributed by atoms with van der Waals surface area (Å²) in [6.45, 7) is 6.09. The molecule has 0 heterocycles. The van der Waals surface area contributed by atoms with Crippen LogP contribution < -0.4 is 10.1 Å². The lowest BCUT2D eigenvalue weighted by Gasteiger charge is -2.26. The van der Waals surface area contributed by atoms with Gasteiger partial charge in [-0.3, -0.25) is 0 Å². The van der Waals surface area contributed by atoms with Crippen molar-refractivity contribution in [3.63, 3.8) is 0 Å². The maximum Gasteiger partial charge on any atom is 0.124 e. The summed E-state index contributed by atoms with van der Waals surface area (Å²) in [7, 11) is 0. The molecule has 0 amide bonds. The van der Waals surface area contributed by atoms with E-state index in [4.69, 9.17) is 4.74 Å². The van der Waals surface area contributed by atoms with Gasteiger partial charge in [-0.15, -0.1) is 0 Å². The predicted octanol–water partition coefficient (Wildman–Crippen LogP) is 4.52. The highest BCUT2D eigenvalue weighted by Gasteiger charge is 2.19. The van der Waals surface area contributed by atoms with E-state index in [1.165, 1.54) is 35.6 Å². The van der Waals surface area contributed by atoms with Crippen LogP contribution in [0, 0.1) is 5.92 Å². The average molecular weight is 283 g/mol. The summed E-state index contributed by atoms with van der Waals surface area (Å²) >= 11 is 0. The summed E-state index contributed by atoms with van der Waals surface area (Å²) in [4.78, 5) is 0. The van der Waals surface area contributed by atoms with E-state index in [0.717, 1.165) is 24.8 Å². The van der Waals surface area contributed by atoms with Gasteiger partial charge in [0.2, 0.25) is 0 Å². The molecule has 0 unspecified atom stereocenters. The number of rotatable bonds is 6. The van der Waals surface area contributed by atoms with Gasteiger partial charge in [-0.05, 0) is 35.6 Å². The molecule has 1 fully saturated rings. The van der Waals surface area contributed by atoms with Gasteiger partial charge in [0.15, 0.2) is 0 Å². The SMILES string of the molecule is CC(C)NCc1c(OCC2CCC2)ccc2ccccc12. The Morgan fingerprint density at radius 3 is 2.67 bits per heavy atom. The zero-order valence-corrected chi connectivity index (χ0v) is 13.1. The lowest BCUT2D eigenvalue weighted by Crippen LogP contribution is -2.23. The lowest BCUT2D eigenvalue weighted by molar-refractivity contribution is 0.179. The molecule has 1 aliphatic carbocycles. The predicted molar refractivity (Wildman–Crippen MR) is 88.8 cm³/mol. The van der Waals surface area contributed by atoms with E-state index in [1.54, 1.807) is 0 Å². The molecule has 2 nitrogen and oxygen atoms in total. The minimum absolute atomic E-state index is 0.475. The van der Waals surface area contributed by atoms with Gasteiger partial charge in [-0.25, -0.2) is 0 Å². The van der Waals surface area contributed by atoms with Crippen LogP contribution in [0.4, 0.5) is 0 Å². The monoisotopic (exact) mass is 283 g/mol. The molecule has 1 N–H and O–H groups in total. The highest BCUT2D eigenvalue weighted by atomic mass is 16.5. The van der Waals surface area contributed by atoms with Crippen LogP contribution in [0.15, 0.2) is 36.4 Å². The molecule has 3 rings (SSSR count). The van der Waals surface area contributed by atoms with Crippen molar-refractivity contribution in [1.82, 2.24) is 5.32 Å². The summed E-state index contributed by atoms with van der Waals surface area (Å²) in [5.41, 5.74) is 1.29. The first-order valence-corrected chi connectivity index (χ1v) is 8.11. The molecule has 112 valence electrons. The van der Waals surface area contributed by atoms with E-state index in [1.807, 2.05) is 0 Å². The molecule has 0 atom stereocenters. The fourth-order valence-electron chi connectivity index (χ4n) is 2.81. The molecule has 0 aromatic heterocycles. The largest absolute Gasteiger partial charge is 0.493 e. The second-order valence-corrected chi connectivity index (χ2v) is 6.41. The summed E-state index contributed by atoms with van der Waals surface area (Å²) in [6, 6.07) is 13.4. The first-order valence-electron chi connectivity index (χ1n) is 8.11. The molecule has 2 aromatic rings. The Balaban J connectivity index is 1.86. The Hall–Kier alpha value is -1.54. The standard InChI is InChI=1S/C19H25NO/c1-14(2)20-12-18-17-9-4-3-8-16(17)10-11-19(18)21-13-15-6-5-7-15/h3-4,8-11,14-15,20H,5-7,12-13H2,1-2H3. The van der Waals surface area contributed by atoms with Crippen LogP contribution >= 0.6 is 0 Å². The first kappa shape index (κ1) is 14.4. The van der Waals surface area contributed by atoms with Crippen molar-refractivity contribution < 1.29 is 4.74 Å². The van der Waals surface area contributed by atoms with Gasteiger partial charge in [0.1, 0.15) is 5.75 Å². The number of fused-ring (bicyclic) bond motifs is 1. The Labute approximate surface area is 127 Å². The van der Waals surface area contributed by atoms with Crippen LogP contribution in [0.2, 0.25) is 0 Å². The number of benzene rings is 2. The molecule has 2 aromatic carbocycles. The fourth-order valence-corrected chi connectivity index (χ4v) is 2.81. The van der Waals surface area contributed by atoms with Crippen LogP contribution in [0.3, 0.4) is 0 Å². The molecule has 1 aliphatic rings. The van der Waals surface area contributed by atoms with Gasteiger partial charge >= 0.3 is 0 Å². The highest BCUT2D eigenvalue weighted by Crippen LogP contribution is 2.31. The molecule has 0 aliphatic heterocycles. The maximum atomic E-state index is 6.14. The van der Waals surface area contributed by atoms with Gasteiger partial charge in [-0.1, -0.05) is 50.6 Å². The van der Waals surface area contributed by atoms with Crippen molar-refractivity contribution in [2.45, 2.75) is 45.7 Å². The first-order chi connectivity index (χ1) is 10.2. The third kappa shape index (κ3) is 3.38. The minimum Gasteiger partial charge on any atom is -0.493 e. The van der Waals surface area contributed by atoms with Crippen molar-refractivity contribution >= 4 is 10.8 Å². The summed E-state index contributed by atoms with van der Waals surface area (Å²) in [5.74, 6) is 1.82. The smallest absolute Gasteiger partial charge is 0.124 e. The number of hydrogen-bond acceptors (Lipinski definition) is 2. The molecule has 2 heteroatoms. The van der Waals surface area contributed by atoms with E-state index in [2.05, 4.69) is 55.6 Å². The molecule has 0 bridgehead atoms. The van der Waals surface area contributed by atoms with Crippen LogP contribution in [0.5, 0.6) is 5.75 Å². The summed E-state index contributed by atoms with van der Waals surface area (Å²) in [6.07, 6.45) is 4.02. The summed E-state index contributed by atoms with van der Waals surface area (Å²) in [5, 5.41) is 6.12. The van der Waals surface area contributed by atoms with E-state index in [9.17, 15) is 0 Å². The molecule has 0 saturated heterocycles. The van der Waals surface area contributed by atoms with Gasteiger partial charge in [-0.2, -0.15) is 0 Å². The topological polar surface area (TPSA) is 21.3 Å². The van der Waals surface area contributed by atoms with Gasteiger partial charge in [0.05, 0.1) is 6.61 Å². The van der Waals surface area contributed by atoms with E-state index >= 15 is 0 Å². The Kier molecular flexibility index (Phi) is 4.45. The van der Waals surface area contributed by atoms with Gasteiger partial charge < -0.3 is 10.1 Å². The van der Waals surface area contributed by atoms with Crippen LogP contribution in [0.1, 0.15) is 38.7 Å². The van der Waals surface area contributed by atoms with Crippen molar-refractivity contribution in [2.24, 2.45) is 5.92 Å². The van der Waals surface area contributed by atoms with Crippen molar-refractivity contribution in [3.8, 4) is 5.75 Å². The number of ether oxygens (including phenoxy) is 1. The Bertz CT molecular complexity index is 602. The molecular formula is C19H25NO. The third-order valence-electron chi connectivity index (χ3n) is 4.38. The zero-order valence-electron chi connectivity index (χ0n) is 13.1. The molecule has 0 radical (unpaired) electrons. The van der Waals surface area contributed by atoms with Crippen molar-refractivity contribution in [2.75, 3.05) is 6.61 Å². The molecule has 1 saturated carbocycles. The van der Waals surface area contributed by atoms with Crippen LogP contribution in [-0.2, 0) is 6.54 Å². The number of nitrogens with one attached hydrogen (secondary N) is 1. The van der Waals surface area contributed by atoms with E-state index in [-0.39, 0.29) is 0 Å². The Morgan fingerprint density at radius 1 is 1.14 bits per heavy atom. The average Bonchev–Trinajstić information content (AvgIpc) is 2.43. The quantitative estimate of drug-likeness (QED) is 0.841. The van der Waals surface area contributed by atoms with Crippen molar-refractivity contribution in [3.05, 3.63) is 42.0 Å². The zero-order chi connectivity index (χ0) is 14.7. The fraction of sp³-hybridized carbons (Fsp3) is 0.474. The van der Waals surface area contributed by atoms with Crippen LogP contribution in [-0.4, -0.2) is 12.6 Å². The normalized spacial score (nSPS) is 15.4. The summed E-state index contributed by atoms with van der Waals surface area (Å²) < 4.78 is 6.14.